The van der Waals surface area contributed by atoms with Gasteiger partial charge in [-0.05, 0) is 92.6 Å². The van der Waals surface area contributed by atoms with Gasteiger partial charge in [0.1, 0.15) is 0 Å². The van der Waals surface area contributed by atoms with Crippen LogP contribution in [0, 0.1) is 13.8 Å². The molecule has 0 N–H and O–H groups in total. The first-order valence-corrected chi connectivity index (χ1v) is 13.0. The van der Waals surface area contributed by atoms with E-state index >= 15 is 0 Å². The summed E-state index contributed by atoms with van der Waals surface area (Å²) in [5.41, 5.74) is 5.20. The van der Waals surface area contributed by atoms with Crippen molar-refractivity contribution in [3.63, 3.8) is 0 Å². The molecule has 1 aliphatic carbocycles. The first-order chi connectivity index (χ1) is 16.5. The van der Waals surface area contributed by atoms with Gasteiger partial charge in [-0.3, -0.25) is 9.69 Å². The number of thioether (sulfide) groups is 1. The normalized spacial score (nSPS) is 19.5. The minimum Gasteiger partial charge on any atom is -0.318 e. The summed E-state index contributed by atoms with van der Waals surface area (Å²) in [6.45, 7) is 4.18. The number of aryl methyl sites for hydroxylation is 1. The van der Waals surface area contributed by atoms with Crippen LogP contribution in [0.1, 0.15) is 49.1 Å². The van der Waals surface area contributed by atoms with Gasteiger partial charge in [0.15, 0.2) is 5.17 Å². The number of halogens is 1. The molecule has 1 aliphatic heterocycles. The highest BCUT2D eigenvalue weighted by Crippen LogP contribution is 2.39. The molecule has 1 saturated carbocycles. The van der Waals surface area contributed by atoms with E-state index in [0.29, 0.717) is 0 Å². The largest absolute Gasteiger partial charge is 0.318 e. The van der Waals surface area contributed by atoms with Crippen molar-refractivity contribution in [2.24, 2.45) is 4.99 Å². The zero-order valence-electron chi connectivity index (χ0n) is 19.5. The Bertz CT molecular complexity index is 1250. The zero-order chi connectivity index (χ0) is 23.7. The lowest BCUT2D eigenvalue weighted by Gasteiger charge is -2.30. The topological polar surface area (TPSA) is 37.6 Å². The summed E-state index contributed by atoms with van der Waals surface area (Å²) in [5.74, 6) is 0.0721. The van der Waals surface area contributed by atoms with Crippen LogP contribution in [0.25, 0.3) is 11.8 Å². The second-order valence-corrected chi connectivity index (χ2v) is 10.4. The summed E-state index contributed by atoms with van der Waals surface area (Å²) in [6, 6.07) is 20.1. The minimum absolute atomic E-state index is 0.0721. The Morgan fingerprint density at radius 3 is 2.41 bits per heavy atom. The average molecular weight is 490 g/mol. The van der Waals surface area contributed by atoms with E-state index in [1.165, 1.54) is 31.0 Å². The number of benzene rings is 2. The fraction of sp³-hybridized carbons (Fsp3) is 0.286. The number of hydrogen-bond acceptors (Lipinski definition) is 3. The molecule has 2 fully saturated rings. The zero-order valence-corrected chi connectivity index (χ0v) is 21.1. The second-order valence-electron chi connectivity index (χ2n) is 8.95. The molecule has 2 heterocycles. The van der Waals surface area contributed by atoms with Crippen molar-refractivity contribution in [1.29, 1.82) is 0 Å². The van der Waals surface area contributed by atoms with Gasteiger partial charge in [0.25, 0.3) is 5.91 Å². The Labute approximate surface area is 210 Å². The van der Waals surface area contributed by atoms with E-state index in [4.69, 9.17) is 16.6 Å². The van der Waals surface area contributed by atoms with Crippen LogP contribution in [0.4, 0.5) is 5.69 Å². The van der Waals surface area contributed by atoms with Gasteiger partial charge in [-0.2, -0.15) is 0 Å². The summed E-state index contributed by atoms with van der Waals surface area (Å²) in [5, 5.41) is 1.51. The van der Waals surface area contributed by atoms with Gasteiger partial charge in [-0.25, -0.2) is 4.99 Å². The minimum atomic E-state index is 0.0721. The smallest absolute Gasteiger partial charge is 0.267 e. The molecule has 3 aromatic rings. The number of nitrogens with zero attached hydrogens (tertiary/aromatic N) is 3. The maximum Gasteiger partial charge on any atom is 0.267 e. The van der Waals surface area contributed by atoms with Crippen molar-refractivity contribution >= 4 is 46.2 Å². The van der Waals surface area contributed by atoms with Gasteiger partial charge in [-0.1, -0.05) is 49.1 Å². The highest BCUT2D eigenvalue weighted by molar-refractivity contribution is 8.18. The van der Waals surface area contributed by atoms with Gasteiger partial charge >= 0.3 is 0 Å². The number of rotatable bonds is 4. The van der Waals surface area contributed by atoms with Crippen LogP contribution in [0.2, 0.25) is 5.02 Å². The lowest BCUT2D eigenvalue weighted by molar-refractivity contribution is -0.124. The van der Waals surface area contributed by atoms with Gasteiger partial charge < -0.3 is 4.57 Å². The quantitative estimate of drug-likeness (QED) is 0.352. The third-order valence-electron chi connectivity index (χ3n) is 6.60. The predicted octanol–water partition coefficient (Wildman–Crippen LogP) is 7.68. The van der Waals surface area contributed by atoms with E-state index in [0.717, 1.165) is 56.3 Å². The molecule has 34 heavy (non-hydrogen) atoms. The first-order valence-electron chi connectivity index (χ1n) is 11.8. The van der Waals surface area contributed by atoms with Crippen molar-refractivity contribution in [1.82, 2.24) is 9.47 Å². The standard InChI is InChI=1S/C28H28ClN3OS/c1-19-17-21(20(2)31(19)25-15-13-22(29)14-16-25)18-26-27(33)32(24-11-7-4-8-12-24)28(34-26)30-23-9-5-3-6-10-23/h3,5-6,9-10,13-18,24H,4,7-8,11-12H2,1-2H3/b26-18-,30-28?. The maximum atomic E-state index is 13.7. The highest BCUT2D eigenvalue weighted by Gasteiger charge is 2.38. The van der Waals surface area contributed by atoms with Crippen molar-refractivity contribution in [2.45, 2.75) is 52.0 Å². The van der Waals surface area contributed by atoms with Crippen molar-refractivity contribution in [2.75, 3.05) is 0 Å². The molecule has 0 spiro atoms. The van der Waals surface area contributed by atoms with E-state index in [2.05, 4.69) is 24.5 Å². The molecule has 5 rings (SSSR count). The summed E-state index contributed by atoms with van der Waals surface area (Å²) in [4.78, 5) is 21.2. The molecule has 0 radical (unpaired) electrons. The lowest BCUT2D eigenvalue weighted by atomic mass is 9.94. The molecule has 2 aromatic carbocycles. The second kappa shape index (κ2) is 9.85. The molecular weight excluding hydrogens is 462 g/mol. The number of para-hydroxylation sites is 1. The monoisotopic (exact) mass is 489 g/mol. The maximum absolute atomic E-state index is 13.7. The predicted molar refractivity (Wildman–Crippen MR) is 143 cm³/mol. The molecule has 0 unspecified atom stereocenters. The molecule has 4 nitrogen and oxygen atoms in total. The molecular formula is C28H28ClN3OS. The van der Waals surface area contributed by atoms with E-state index in [1.807, 2.05) is 65.6 Å². The number of carbonyl (C=O) groups is 1. The van der Waals surface area contributed by atoms with Crippen molar-refractivity contribution < 1.29 is 4.79 Å². The Hall–Kier alpha value is -2.76. The van der Waals surface area contributed by atoms with Gasteiger partial charge in [0.2, 0.25) is 0 Å². The Kier molecular flexibility index (Phi) is 6.66. The fourth-order valence-electron chi connectivity index (χ4n) is 4.90. The molecule has 0 atom stereocenters. The third kappa shape index (κ3) is 4.59. The number of amides is 1. The molecule has 174 valence electrons. The van der Waals surface area contributed by atoms with Crippen LogP contribution in [-0.2, 0) is 4.79 Å². The fourth-order valence-corrected chi connectivity index (χ4v) is 6.08. The Morgan fingerprint density at radius 1 is 1.00 bits per heavy atom. The van der Waals surface area contributed by atoms with E-state index < -0.39 is 0 Å². The number of hydrogen-bond donors (Lipinski definition) is 0. The van der Waals surface area contributed by atoms with Gasteiger partial charge in [0.05, 0.1) is 10.6 Å². The summed E-state index contributed by atoms with van der Waals surface area (Å²) in [7, 11) is 0. The summed E-state index contributed by atoms with van der Waals surface area (Å²) in [6.07, 6.45) is 7.69. The van der Waals surface area contributed by atoms with Crippen LogP contribution in [0.15, 0.2) is 70.6 Å². The van der Waals surface area contributed by atoms with Crippen molar-refractivity contribution in [3.8, 4) is 5.69 Å². The summed E-state index contributed by atoms with van der Waals surface area (Å²) >= 11 is 7.58. The number of amidine groups is 1. The van der Waals surface area contributed by atoms with E-state index in [1.54, 1.807) is 0 Å². The SMILES string of the molecule is Cc1cc(/C=C2\SC(=Nc3ccccc3)N(C3CCCCC3)C2=O)c(C)n1-c1ccc(Cl)cc1. The van der Waals surface area contributed by atoms with Crippen LogP contribution < -0.4 is 0 Å². The first kappa shape index (κ1) is 23.0. The van der Waals surface area contributed by atoms with Crippen LogP contribution in [-0.4, -0.2) is 26.6 Å². The van der Waals surface area contributed by atoms with E-state index in [-0.39, 0.29) is 11.9 Å². The third-order valence-corrected chi connectivity index (χ3v) is 7.83. The number of aliphatic imine (C=N–C) groups is 1. The average Bonchev–Trinajstić information content (AvgIpc) is 3.30. The van der Waals surface area contributed by atoms with E-state index in [9.17, 15) is 4.79 Å². The van der Waals surface area contributed by atoms with Crippen LogP contribution >= 0.6 is 23.4 Å². The highest BCUT2D eigenvalue weighted by atomic mass is 35.5. The summed E-state index contributed by atoms with van der Waals surface area (Å²) < 4.78 is 2.20. The Morgan fingerprint density at radius 2 is 1.71 bits per heavy atom. The molecule has 1 saturated heterocycles. The van der Waals surface area contributed by atoms with Crippen LogP contribution in [0.3, 0.4) is 0 Å². The number of carbonyl (C=O) groups excluding carboxylic acids is 1. The lowest BCUT2D eigenvalue weighted by Crippen LogP contribution is -2.40. The molecule has 2 aliphatic rings. The molecule has 1 aromatic heterocycles. The van der Waals surface area contributed by atoms with Gasteiger partial charge in [-0.15, -0.1) is 0 Å². The molecule has 6 heteroatoms. The molecule has 1 amide bonds. The Balaban J connectivity index is 1.52. The molecule has 0 bridgehead atoms. The van der Waals surface area contributed by atoms with Crippen molar-refractivity contribution in [3.05, 3.63) is 87.5 Å². The van der Waals surface area contributed by atoms with Crippen LogP contribution in [0.5, 0.6) is 0 Å². The van der Waals surface area contributed by atoms with Gasteiger partial charge in [0, 0.05) is 28.1 Å². The number of aromatic nitrogens is 1.